The number of nitrogens with one attached hydrogen (secondary N) is 2. The Morgan fingerprint density at radius 2 is 1.93 bits per heavy atom. The molecule has 160 valence electrons. The maximum Gasteiger partial charge on any atom is 0.216 e. The molecule has 2 fully saturated rings. The smallest absolute Gasteiger partial charge is 0.216 e. The highest BCUT2D eigenvalue weighted by molar-refractivity contribution is 14.0. The highest BCUT2D eigenvalue weighted by atomic mass is 127. The molecule has 6 nitrogen and oxygen atoms in total. The number of aromatic nitrogens is 1. The summed E-state index contributed by atoms with van der Waals surface area (Å²) in [6.07, 6.45) is 9.76. The van der Waals surface area contributed by atoms with Crippen molar-refractivity contribution in [1.82, 2.24) is 20.5 Å². The van der Waals surface area contributed by atoms with Crippen LogP contribution in [0.1, 0.15) is 69.2 Å². The van der Waals surface area contributed by atoms with Crippen LogP contribution >= 0.6 is 24.0 Å². The van der Waals surface area contributed by atoms with E-state index in [1.54, 1.807) is 0 Å². The number of nitrogens with zero attached hydrogens (tertiary/aromatic N) is 3. The zero-order valence-electron chi connectivity index (χ0n) is 17.8. The van der Waals surface area contributed by atoms with E-state index in [-0.39, 0.29) is 24.0 Å². The molecule has 1 aliphatic carbocycles. The molecule has 0 aromatic carbocycles. The lowest BCUT2D eigenvalue weighted by Gasteiger charge is -2.31. The number of likely N-dealkylation sites (tertiary alicyclic amines) is 1. The predicted octanol–water partition coefficient (Wildman–Crippen LogP) is 4.01. The Morgan fingerprint density at radius 3 is 2.61 bits per heavy atom. The number of halogens is 1. The second-order valence-electron chi connectivity index (χ2n) is 8.12. The first-order valence-corrected chi connectivity index (χ1v) is 10.8. The normalized spacial score (nSPS) is 21.5. The molecular weight excluding hydrogens is 465 g/mol. The van der Waals surface area contributed by atoms with Crippen molar-refractivity contribution in [2.75, 3.05) is 26.2 Å². The van der Waals surface area contributed by atoms with E-state index in [1.807, 2.05) is 13.8 Å². The molecule has 2 heterocycles. The van der Waals surface area contributed by atoms with Crippen LogP contribution in [0.3, 0.4) is 0 Å². The van der Waals surface area contributed by atoms with E-state index in [9.17, 15) is 0 Å². The van der Waals surface area contributed by atoms with Gasteiger partial charge >= 0.3 is 0 Å². The van der Waals surface area contributed by atoms with Crippen LogP contribution in [0.4, 0.5) is 0 Å². The summed E-state index contributed by atoms with van der Waals surface area (Å²) in [5.74, 6) is 3.33. The summed E-state index contributed by atoms with van der Waals surface area (Å²) in [7, 11) is 0. The van der Waals surface area contributed by atoms with E-state index >= 15 is 0 Å². The minimum atomic E-state index is 0. The number of hydrogen-bond acceptors (Lipinski definition) is 4. The van der Waals surface area contributed by atoms with Crippen molar-refractivity contribution in [2.24, 2.45) is 10.9 Å². The molecule has 0 bridgehead atoms. The summed E-state index contributed by atoms with van der Waals surface area (Å²) >= 11 is 0. The SMILES string of the molecule is CCNC(=NCc1nc(C)c(C)o1)NCC1CCCN1CC1CCCCC1.I. The van der Waals surface area contributed by atoms with E-state index in [2.05, 4.69) is 32.4 Å². The maximum atomic E-state index is 5.64. The van der Waals surface area contributed by atoms with Crippen LogP contribution in [0.2, 0.25) is 0 Å². The molecule has 1 saturated heterocycles. The van der Waals surface area contributed by atoms with Crippen LogP contribution in [0.5, 0.6) is 0 Å². The molecule has 0 amide bonds. The van der Waals surface area contributed by atoms with Crippen LogP contribution < -0.4 is 10.6 Å². The Morgan fingerprint density at radius 1 is 1.14 bits per heavy atom. The highest BCUT2D eigenvalue weighted by Crippen LogP contribution is 2.27. The summed E-state index contributed by atoms with van der Waals surface area (Å²) < 4.78 is 5.64. The van der Waals surface area contributed by atoms with Gasteiger partial charge in [-0.1, -0.05) is 19.3 Å². The first kappa shape index (κ1) is 23.4. The maximum absolute atomic E-state index is 5.64. The minimum Gasteiger partial charge on any atom is -0.444 e. The van der Waals surface area contributed by atoms with Gasteiger partial charge in [0.05, 0.1) is 5.69 Å². The molecule has 1 aliphatic heterocycles. The van der Waals surface area contributed by atoms with Gasteiger partial charge in [0.2, 0.25) is 5.89 Å². The standard InChI is InChI=1S/C21H37N5O.HI/c1-4-22-21(24-14-20-25-16(2)17(3)27-20)23-13-19-11-8-12-26(19)15-18-9-6-5-7-10-18;/h18-19H,4-15H2,1-3H3,(H2,22,23,24);1H. The number of rotatable bonds is 7. The Kier molecular flexibility index (Phi) is 10.0. The minimum absolute atomic E-state index is 0. The molecule has 1 unspecified atom stereocenters. The third kappa shape index (κ3) is 6.90. The lowest BCUT2D eigenvalue weighted by Crippen LogP contribution is -2.46. The fraction of sp³-hybridized carbons (Fsp3) is 0.810. The van der Waals surface area contributed by atoms with Crippen molar-refractivity contribution in [3.05, 3.63) is 17.3 Å². The summed E-state index contributed by atoms with van der Waals surface area (Å²) in [6.45, 7) is 10.8. The zero-order valence-corrected chi connectivity index (χ0v) is 20.1. The Hall–Kier alpha value is -0.830. The highest BCUT2D eigenvalue weighted by Gasteiger charge is 2.27. The molecule has 1 aromatic rings. The average molecular weight is 503 g/mol. The van der Waals surface area contributed by atoms with Gasteiger partial charge in [0.25, 0.3) is 0 Å². The van der Waals surface area contributed by atoms with Crippen LogP contribution in [0.15, 0.2) is 9.41 Å². The first-order valence-electron chi connectivity index (χ1n) is 10.8. The van der Waals surface area contributed by atoms with Crippen molar-refractivity contribution in [1.29, 1.82) is 0 Å². The fourth-order valence-corrected chi connectivity index (χ4v) is 4.38. The largest absolute Gasteiger partial charge is 0.444 e. The van der Waals surface area contributed by atoms with Gasteiger partial charge in [0.15, 0.2) is 5.96 Å². The fourth-order valence-electron chi connectivity index (χ4n) is 4.38. The molecule has 1 aromatic heterocycles. The predicted molar refractivity (Wildman–Crippen MR) is 125 cm³/mol. The Balaban J connectivity index is 0.00000280. The molecule has 1 atom stereocenters. The van der Waals surface area contributed by atoms with E-state index < -0.39 is 0 Å². The second-order valence-corrected chi connectivity index (χ2v) is 8.12. The van der Waals surface area contributed by atoms with Gasteiger partial charge in [-0.2, -0.15) is 0 Å². The third-order valence-electron chi connectivity index (χ3n) is 6.01. The van der Waals surface area contributed by atoms with Gasteiger partial charge < -0.3 is 15.1 Å². The molecule has 0 radical (unpaired) electrons. The summed E-state index contributed by atoms with van der Waals surface area (Å²) in [4.78, 5) is 11.8. The molecule has 1 saturated carbocycles. The second kappa shape index (κ2) is 12.0. The Bertz CT molecular complexity index is 592. The van der Waals surface area contributed by atoms with Crippen LogP contribution in [-0.2, 0) is 6.54 Å². The number of aryl methyl sites for hydroxylation is 2. The Labute approximate surface area is 187 Å². The molecule has 28 heavy (non-hydrogen) atoms. The van der Waals surface area contributed by atoms with E-state index in [0.29, 0.717) is 18.5 Å². The van der Waals surface area contributed by atoms with Crippen molar-refractivity contribution in [2.45, 2.75) is 78.3 Å². The van der Waals surface area contributed by atoms with E-state index in [4.69, 9.17) is 4.42 Å². The summed E-state index contributed by atoms with van der Waals surface area (Å²) in [5, 5.41) is 6.89. The zero-order chi connectivity index (χ0) is 19.1. The number of oxazole rings is 1. The topological polar surface area (TPSA) is 65.7 Å². The van der Waals surface area contributed by atoms with Crippen LogP contribution in [0.25, 0.3) is 0 Å². The summed E-state index contributed by atoms with van der Waals surface area (Å²) in [6, 6.07) is 0.627. The quantitative estimate of drug-likeness (QED) is 0.335. The number of aliphatic imine (C=N–C) groups is 1. The number of guanidine groups is 1. The van der Waals surface area contributed by atoms with Gasteiger partial charge in [-0.05, 0) is 58.9 Å². The molecule has 0 spiro atoms. The van der Waals surface area contributed by atoms with Crippen molar-refractivity contribution in [3.63, 3.8) is 0 Å². The van der Waals surface area contributed by atoms with Gasteiger partial charge in [-0.25, -0.2) is 9.98 Å². The van der Waals surface area contributed by atoms with Crippen LogP contribution in [-0.4, -0.2) is 48.1 Å². The molecule has 2 aliphatic rings. The first-order chi connectivity index (χ1) is 13.2. The molecule has 3 rings (SSSR count). The van der Waals surface area contributed by atoms with Crippen molar-refractivity contribution < 1.29 is 4.42 Å². The van der Waals surface area contributed by atoms with Crippen molar-refractivity contribution in [3.8, 4) is 0 Å². The summed E-state index contributed by atoms with van der Waals surface area (Å²) in [5.41, 5.74) is 0.947. The van der Waals surface area contributed by atoms with Gasteiger partial charge in [-0.3, -0.25) is 4.90 Å². The van der Waals surface area contributed by atoms with E-state index in [1.165, 1.54) is 58.0 Å². The van der Waals surface area contributed by atoms with Gasteiger partial charge in [0, 0.05) is 25.7 Å². The molecular formula is C21H38IN5O. The lowest BCUT2D eigenvalue weighted by atomic mass is 9.89. The van der Waals surface area contributed by atoms with Crippen molar-refractivity contribution >= 4 is 29.9 Å². The molecule has 2 N–H and O–H groups in total. The molecule has 7 heteroatoms. The average Bonchev–Trinajstić information content (AvgIpc) is 3.24. The number of hydrogen-bond donors (Lipinski definition) is 2. The monoisotopic (exact) mass is 503 g/mol. The van der Waals surface area contributed by atoms with Gasteiger partial charge in [0.1, 0.15) is 12.3 Å². The lowest BCUT2D eigenvalue weighted by molar-refractivity contribution is 0.188. The third-order valence-corrected chi connectivity index (χ3v) is 6.01. The van der Waals surface area contributed by atoms with Crippen LogP contribution in [0, 0.1) is 19.8 Å². The van der Waals surface area contributed by atoms with E-state index in [0.717, 1.165) is 36.4 Å². The van der Waals surface area contributed by atoms with Gasteiger partial charge in [-0.15, -0.1) is 24.0 Å².